The first-order chi connectivity index (χ1) is 13.5. The van der Waals surface area contributed by atoms with E-state index in [9.17, 15) is 26.8 Å². The predicted molar refractivity (Wildman–Crippen MR) is 104 cm³/mol. The average Bonchev–Trinajstić information content (AvgIpc) is 2.64. The van der Waals surface area contributed by atoms with Gasteiger partial charge in [-0.05, 0) is 24.3 Å². The number of hydrogen-bond donors (Lipinski definition) is 2. The van der Waals surface area contributed by atoms with Crippen LogP contribution in [0.15, 0.2) is 35.2 Å². The molecule has 0 saturated carbocycles. The normalized spacial score (nSPS) is 11.5. The van der Waals surface area contributed by atoms with Crippen molar-refractivity contribution in [3.05, 3.63) is 58.1 Å². The largest absolute Gasteiger partial charge is 0.366 e. The Morgan fingerprint density at radius 1 is 1.10 bits per heavy atom. The van der Waals surface area contributed by atoms with Crippen LogP contribution in [0.4, 0.5) is 14.5 Å². The van der Waals surface area contributed by atoms with E-state index < -0.39 is 44.7 Å². The molecule has 0 heterocycles. The number of anilines is 1. The van der Waals surface area contributed by atoms with Crippen molar-refractivity contribution in [2.24, 2.45) is 5.73 Å². The lowest BCUT2D eigenvalue weighted by Gasteiger charge is -2.19. The summed E-state index contributed by atoms with van der Waals surface area (Å²) in [5, 5.41) is 2.08. The van der Waals surface area contributed by atoms with Crippen LogP contribution in [0.2, 0.25) is 5.02 Å². The van der Waals surface area contributed by atoms with Crippen molar-refractivity contribution in [3.8, 4) is 0 Å². The fraction of sp³-hybridized carbons (Fsp3) is 0.222. The van der Waals surface area contributed by atoms with Gasteiger partial charge in [0, 0.05) is 24.7 Å². The van der Waals surface area contributed by atoms with Crippen LogP contribution in [-0.2, 0) is 10.0 Å². The van der Waals surface area contributed by atoms with Gasteiger partial charge in [0.25, 0.3) is 11.8 Å². The molecule has 2 amide bonds. The highest BCUT2D eigenvalue weighted by Crippen LogP contribution is 2.27. The van der Waals surface area contributed by atoms with E-state index in [0.717, 1.165) is 16.4 Å². The number of carbonyl (C=O) groups excluding carboxylic acids is 2. The monoisotopic (exact) mass is 445 g/mol. The van der Waals surface area contributed by atoms with Crippen molar-refractivity contribution < 1.29 is 26.8 Å². The molecule has 0 atom stereocenters. The molecule has 0 aliphatic carbocycles. The third kappa shape index (κ3) is 4.72. The fourth-order valence-corrected chi connectivity index (χ4v) is 4.53. The number of nitrogens with zero attached hydrogens (tertiary/aromatic N) is 1. The lowest BCUT2D eigenvalue weighted by atomic mass is 10.1. The van der Waals surface area contributed by atoms with Gasteiger partial charge in [0.2, 0.25) is 10.0 Å². The lowest BCUT2D eigenvalue weighted by Crippen LogP contribution is -2.31. The highest BCUT2D eigenvalue weighted by molar-refractivity contribution is 7.89. The molecule has 0 bridgehead atoms. The minimum atomic E-state index is -3.96. The molecule has 29 heavy (non-hydrogen) atoms. The van der Waals surface area contributed by atoms with Crippen molar-refractivity contribution in [3.63, 3.8) is 0 Å². The number of carbonyl (C=O) groups is 2. The second-order valence-electron chi connectivity index (χ2n) is 5.86. The Bertz CT molecular complexity index is 1070. The third-order valence-electron chi connectivity index (χ3n) is 4.09. The molecule has 11 heteroatoms. The van der Waals surface area contributed by atoms with Gasteiger partial charge in [0.15, 0.2) is 0 Å². The van der Waals surface area contributed by atoms with E-state index in [1.807, 2.05) is 0 Å². The number of amides is 2. The zero-order valence-electron chi connectivity index (χ0n) is 15.5. The molecule has 2 rings (SSSR count). The van der Waals surface area contributed by atoms with Crippen LogP contribution >= 0.6 is 11.6 Å². The Labute approximate surface area is 171 Å². The Hall–Kier alpha value is -2.56. The highest BCUT2D eigenvalue weighted by Gasteiger charge is 2.26. The molecule has 0 unspecified atom stereocenters. The van der Waals surface area contributed by atoms with E-state index >= 15 is 0 Å². The molecule has 2 aromatic rings. The number of sulfonamides is 1. The molecule has 2 aromatic carbocycles. The summed E-state index contributed by atoms with van der Waals surface area (Å²) in [6.45, 7) is 3.70. The molecule has 7 nitrogen and oxygen atoms in total. The van der Waals surface area contributed by atoms with Gasteiger partial charge in [-0.25, -0.2) is 17.2 Å². The van der Waals surface area contributed by atoms with Crippen molar-refractivity contribution in [2.75, 3.05) is 18.4 Å². The number of rotatable bonds is 7. The number of primary amides is 1. The van der Waals surface area contributed by atoms with Crippen LogP contribution in [-0.4, -0.2) is 37.6 Å². The quantitative estimate of drug-likeness (QED) is 0.682. The van der Waals surface area contributed by atoms with Crippen LogP contribution < -0.4 is 11.1 Å². The molecular weight excluding hydrogens is 428 g/mol. The van der Waals surface area contributed by atoms with Crippen LogP contribution in [0.25, 0.3) is 0 Å². The molecule has 156 valence electrons. The van der Waals surface area contributed by atoms with E-state index in [0.29, 0.717) is 6.07 Å². The van der Waals surface area contributed by atoms with Crippen LogP contribution in [0.3, 0.4) is 0 Å². The molecule has 0 aliphatic rings. The van der Waals surface area contributed by atoms with Gasteiger partial charge in [-0.2, -0.15) is 4.31 Å². The summed E-state index contributed by atoms with van der Waals surface area (Å²) in [7, 11) is -3.96. The molecule has 0 radical (unpaired) electrons. The second-order valence-corrected chi connectivity index (χ2v) is 8.18. The summed E-state index contributed by atoms with van der Waals surface area (Å²) >= 11 is 6.01. The molecule has 3 N–H and O–H groups in total. The number of nitrogens with one attached hydrogen (secondary N) is 1. The second kappa shape index (κ2) is 8.85. The number of halogens is 3. The summed E-state index contributed by atoms with van der Waals surface area (Å²) < 4.78 is 54.1. The molecule has 0 aromatic heterocycles. The Morgan fingerprint density at radius 3 is 2.28 bits per heavy atom. The smallest absolute Gasteiger partial charge is 0.255 e. The van der Waals surface area contributed by atoms with Gasteiger partial charge < -0.3 is 11.1 Å². The van der Waals surface area contributed by atoms with E-state index in [4.69, 9.17) is 17.3 Å². The van der Waals surface area contributed by atoms with Gasteiger partial charge in [0.1, 0.15) is 16.5 Å². The first-order valence-electron chi connectivity index (χ1n) is 8.42. The van der Waals surface area contributed by atoms with Gasteiger partial charge in [-0.3, -0.25) is 9.59 Å². The average molecular weight is 446 g/mol. The van der Waals surface area contributed by atoms with Gasteiger partial charge in [-0.15, -0.1) is 0 Å². The zero-order valence-corrected chi connectivity index (χ0v) is 17.1. The van der Waals surface area contributed by atoms with Crippen LogP contribution in [0.5, 0.6) is 0 Å². The van der Waals surface area contributed by atoms with Gasteiger partial charge in [0.05, 0.1) is 16.3 Å². The fourth-order valence-electron chi connectivity index (χ4n) is 2.57. The number of benzene rings is 2. The maximum absolute atomic E-state index is 14.0. The molecule has 0 spiro atoms. The first kappa shape index (κ1) is 22.7. The molecule has 0 aliphatic heterocycles. The summed E-state index contributed by atoms with van der Waals surface area (Å²) in [6.07, 6.45) is 0. The maximum Gasteiger partial charge on any atom is 0.255 e. The van der Waals surface area contributed by atoms with Crippen molar-refractivity contribution in [1.29, 1.82) is 0 Å². The lowest BCUT2D eigenvalue weighted by molar-refractivity contribution is 0.0992. The number of nitrogens with two attached hydrogens (primary N) is 1. The SMILES string of the molecule is CCN(CC)S(=O)(=O)c1cc(C(=O)Nc2cc(C(N)=O)c(F)cc2F)ccc1Cl. The molecule has 0 saturated heterocycles. The summed E-state index contributed by atoms with van der Waals surface area (Å²) in [6, 6.07) is 4.70. The molecule has 0 fully saturated rings. The van der Waals surface area contributed by atoms with E-state index in [2.05, 4.69) is 5.32 Å². The topological polar surface area (TPSA) is 110 Å². The Morgan fingerprint density at radius 2 is 1.72 bits per heavy atom. The van der Waals surface area contributed by atoms with E-state index in [1.54, 1.807) is 13.8 Å². The maximum atomic E-state index is 14.0. The third-order valence-corrected chi connectivity index (χ3v) is 6.62. The summed E-state index contributed by atoms with van der Waals surface area (Å²) in [5.41, 5.74) is 3.78. The first-order valence-corrected chi connectivity index (χ1v) is 10.2. The van der Waals surface area contributed by atoms with E-state index in [1.165, 1.54) is 12.1 Å². The standard InChI is InChI=1S/C18H18ClF2N3O4S/c1-3-24(4-2)29(27,28)16-7-10(5-6-12(16)19)18(26)23-15-8-11(17(22)25)13(20)9-14(15)21/h5-9H,3-4H2,1-2H3,(H2,22,25)(H,23,26). The van der Waals surface area contributed by atoms with Crippen molar-refractivity contribution in [1.82, 2.24) is 4.31 Å². The molecular formula is C18H18ClF2N3O4S. The van der Waals surface area contributed by atoms with Crippen LogP contribution in [0.1, 0.15) is 34.6 Å². The number of hydrogen-bond acceptors (Lipinski definition) is 4. The van der Waals surface area contributed by atoms with Gasteiger partial charge in [-0.1, -0.05) is 25.4 Å². The Kier molecular flexibility index (Phi) is 6.93. The minimum absolute atomic E-state index is 0.0857. The minimum Gasteiger partial charge on any atom is -0.366 e. The summed E-state index contributed by atoms with van der Waals surface area (Å²) in [5.74, 6) is -4.34. The van der Waals surface area contributed by atoms with Crippen molar-refractivity contribution >= 4 is 39.1 Å². The predicted octanol–water partition coefficient (Wildman–Crippen LogP) is 3.00. The Balaban J connectivity index is 2.44. The van der Waals surface area contributed by atoms with E-state index in [-0.39, 0.29) is 28.6 Å². The van der Waals surface area contributed by atoms with Crippen molar-refractivity contribution in [2.45, 2.75) is 18.7 Å². The summed E-state index contributed by atoms with van der Waals surface area (Å²) in [4.78, 5) is 23.4. The van der Waals surface area contributed by atoms with Crippen LogP contribution in [0, 0.1) is 11.6 Å². The zero-order chi connectivity index (χ0) is 21.9. The highest BCUT2D eigenvalue weighted by atomic mass is 35.5. The van der Waals surface area contributed by atoms with Gasteiger partial charge >= 0.3 is 0 Å².